The van der Waals surface area contributed by atoms with Gasteiger partial charge in [-0.1, -0.05) is 6.07 Å². The first-order valence-electron chi connectivity index (χ1n) is 7.90. The highest BCUT2D eigenvalue weighted by molar-refractivity contribution is 7.09. The smallest absolute Gasteiger partial charge is 0.422 e. The zero-order valence-corrected chi connectivity index (χ0v) is 14.8. The zero-order chi connectivity index (χ0) is 19.3. The van der Waals surface area contributed by atoms with Crippen molar-refractivity contribution in [1.82, 2.24) is 9.88 Å². The lowest BCUT2D eigenvalue weighted by Gasteiger charge is -2.21. The monoisotopic (exact) mass is 396 g/mol. The lowest BCUT2D eigenvalue weighted by Crippen LogP contribution is -2.29. The molecule has 3 rings (SSSR count). The molecule has 142 valence electrons. The first-order valence-corrected chi connectivity index (χ1v) is 8.78. The third kappa shape index (κ3) is 5.58. The number of ether oxygens (including phenoxy) is 1. The van der Waals surface area contributed by atoms with Crippen molar-refractivity contribution in [1.29, 1.82) is 0 Å². The number of hydrogen-bond donors (Lipinski definition) is 0. The number of carbonyl (C=O) groups excluding carboxylic acids is 1. The third-order valence-corrected chi connectivity index (χ3v) is 4.37. The first-order chi connectivity index (χ1) is 12.9. The predicted octanol–water partition coefficient (Wildman–Crippen LogP) is 4.52. The second-order valence-corrected chi connectivity index (χ2v) is 6.64. The Morgan fingerprint density at radius 2 is 2.04 bits per heavy atom. The number of thiophene rings is 1. The van der Waals surface area contributed by atoms with Crippen LogP contribution in [0, 0.1) is 0 Å². The van der Waals surface area contributed by atoms with Crippen molar-refractivity contribution in [2.75, 3.05) is 6.61 Å². The molecule has 0 saturated carbocycles. The Morgan fingerprint density at radius 1 is 1.19 bits per heavy atom. The molecule has 1 amide bonds. The summed E-state index contributed by atoms with van der Waals surface area (Å²) >= 11 is 1.52. The fourth-order valence-electron chi connectivity index (χ4n) is 2.31. The zero-order valence-electron chi connectivity index (χ0n) is 14.0. The fraction of sp³-hybridized carbons (Fsp3) is 0.222. The molecule has 0 unspecified atom stereocenters. The molecule has 0 aromatic carbocycles. The van der Waals surface area contributed by atoms with Gasteiger partial charge >= 0.3 is 6.18 Å². The van der Waals surface area contributed by atoms with Crippen molar-refractivity contribution >= 4 is 17.2 Å². The summed E-state index contributed by atoms with van der Waals surface area (Å²) in [5.41, 5.74) is 0.248. The molecule has 0 spiro atoms. The highest BCUT2D eigenvalue weighted by atomic mass is 32.1. The van der Waals surface area contributed by atoms with Crippen LogP contribution in [0.1, 0.15) is 21.0 Å². The van der Waals surface area contributed by atoms with Gasteiger partial charge in [-0.2, -0.15) is 13.2 Å². The van der Waals surface area contributed by atoms with E-state index in [2.05, 4.69) is 9.72 Å². The minimum Gasteiger partial charge on any atom is -0.468 e. The van der Waals surface area contributed by atoms with Gasteiger partial charge in [0.25, 0.3) is 5.91 Å². The van der Waals surface area contributed by atoms with Gasteiger partial charge in [0.05, 0.1) is 24.9 Å². The van der Waals surface area contributed by atoms with Crippen LogP contribution >= 0.6 is 11.3 Å². The molecular weight excluding hydrogens is 381 g/mol. The van der Waals surface area contributed by atoms with Crippen LogP contribution in [-0.4, -0.2) is 28.6 Å². The lowest BCUT2D eigenvalue weighted by molar-refractivity contribution is -0.154. The van der Waals surface area contributed by atoms with Crippen LogP contribution in [-0.2, 0) is 13.1 Å². The molecule has 0 N–H and O–H groups in total. The van der Waals surface area contributed by atoms with Gasteiger partial charge in [0.1, 0.15) is 5.76 Å². The number of pyridine rings is 1. The van der Waals surface area contributed by atoms with Crippen LogP contribution in [0.5, 0.6) is 5.88 Å². The summed E-state index contributed by atoms with van der Waals surface area (Å²) in [4.78, 5) is 19.2. The van der Waals surface area contributed by atoms with Gasteiger partial charge in [-0.3, -0.25) is 4.79 Å². The Labute approximate surface area is 157 Å². The average molecular weight is 396 g/mol. The maximum absolute atomic E-state index is 12.9. The average Bonchev–Trinajstić information content (AvgIpc) is 3.33. The molecular formula is C18H15F3N2O3S. The number of rotatable bonds is 7. The van der Waals surface area contributed by atoms with Crippen LogP contribution < -0.4 is 4.74 Å². The van der Waals surface area contributed by atoms with E-state index in [1.807, 2.05) is 17.5 Å². The van der Waals surface area contributed by atoms with Crippen LogP contribution in [0.4, 0.5) is 13.2 Å². The predicted molar refractivity (Wildman–Crippen MR) is 92.4 cm³/mol. The van der Waals surface area contributed by atoms with Crippen molar-refractivity contribution in [3.63, 3.8) is 0 Å². The standard InChI is InChI=1S/C18H15F3N2O3S/c19-18(20,21)12-26-16-6-5-13(9-22-16)17(24)23(10-14-3-1-7-25-14)11-15-4-2-8-27-15/h1-9H,10-12H2. The van der Waals surface area contributed by atoms with E-state index in [1.54, 1.807) is 17.0 Å². The number of carbonyl (C=O) groups is 1. The second kappa shape index (κ2) is 8.26. The van der Waals surface area contributed by atoms with Gasteiger partial charge in [-0.05, 0) is 29.6 Å². The molecule has 9 heteroatoms. The van der Waals surface area contributed by atoms with E-state index in [1.165, 1.54) is 35.9 Å². The Hall–Kier alpha value is -2.81. The highest BCUT2D eigenvalue weighted by Crippen LogP contribution is 2.20. The molecule has 5 nitrogen and oxygen atoms in total. The van der Waals surface area contributed by atoms with E-state index in [4.69, 9.17) is 4.42 Å². The summed E-state index contributed by atoms with van der Waals surface area (Å²) in [7, 11) is 0. The van der Waals surface area contributed by atoms with Crippen molar-refractivity contribution in [3.8, 4) is 5.88 Å². The SMILES string of the molecule is O=C(c1ccc(OCC(F)(F)F)nc1)N(Cc1ccco1)Cc1cccs1. The van der Waals surface area contributed by atoms with Gasteiger partial charge in [-0.25, -0.2) is 4.98 Å². The molecule has 3 aromatic rings. The van der Waals surface area contributed by atoms with Crippen LogP contribution in [0.2, 0.25) is 0 Å². The van der Waals surface area contributed by atoms with Crippen molar-refractivity contribution in [3.05, 3.63) is 70.4 Å². The number of alkyl halides is 3. The number of amides is 1. The molecule has 3 heterocycles. The van der Waals surface area contributed by atoms with Crippen molar-refractivity contribution in [2.45, 2.75) is 19.3 Å². The Bertz CT molecular complexity index is 811. The summed E-state index contributed by atoms with van der Waals surface area (Å²) in [6.45, 7) is -0.796. The molecule has 0 bridgehead atoms. The van der Waals surface area contributed by atoms with E-state index in [0.717, 1.165) is 4.88 Å². The molecule has 0 fully saturated rings. The number of halogens is 3. The first kappa shape index (κ1) is 19.0. The van der Waals surface area contributed by atoms with E-state index < -0.39 is 12.8 Å². The highest BCUT2D eigenvalue weighted by Gasteiger charge is 2.28. The minimum atomic E-state index is -4.45. The molecule has 27 heavy (non-hydrogen) atoms. The maximum atomic E-state index is 12.9. The molecule has 0 radical (unpaired) electrons. The largest absolute Gasteiger partial charge is 0.468 e. The van der Waals surface area contributed by atoms with Crippen molar-refractivity contribution < 1.29 is 27.1 Å². The topological polar surface area (TPSA) is 55.6 Å². The lowest BCUT2D eigenvalue weighted by atomic mass is 10.2. The molecule has 0 aliphatic rings. The van der Waals surface area contributed by atoms with Gasteiger partial charge in [0, 0.05) is 17.1 Å². The van der Waals surface area contributed by atoms with E-state index in [0.29, 0.717) is 12.3 Å². The van der Waals surface area contributed by atoms with Crippen molar-refractivity contribution in [2.24, 2.45) is 0 Å². The van der Waals surface area contributed by atoms with Crippen LogP contribution in [0.15, 0.2) is 58.7 Å². The number of hydrogen-bond acceptors (Lipinski definition) is 5. The molecule has 3 aromatic heterocycles. The summed E-state index contributed by atoms with van der Waals surface area (Å²) in [5.74, 6) is 0.118. The Balaban J connectivity index is 1.72. The number of aromatic nitrogens is 1. The number of furan rings is 1. The van der Waals surface area contributed by atoms with Gasteiger partial charge in [0.2, 0.25) is 5.88 Å². The quantitative estimate of drug-likeness (QED) is 0.589. The number of nitrogens with zero attached hydrogens (tertiary/aromatic N) is 2. The van der Waals surface area contributed by atoms with Gasteiger partial charge in [0.15, 0.2) is 6.61 Å². The van der Waals surface area contributed by atoms with Gasteiger partial charge in [-0.15, -0.1) is 11.3 Å². The summed E-state index contributed by atoms with van der Waals surface area (Å²) in [5, 5.41) is 1.92. The van der Waals surface area contributed by atoms with E-state index in [-0.39, 0.29) is 23.9 Å². The maximum Gasteiger partial charge on any atom is 0.422 e. The molecule has 0 atom stereocenters. The third-order valence-electron chi connectivity index (χ3n) is 3.51. The molecule has 0 saturated heterocycles. The normalized spacial score (nSPS) is 11.4. The molecule has 0 aliphatic heterocycles. The molecule has 0 aliphatic carbocycles. The minimum absolute atomic E-state index is 0.195. The fourth-order valence-corrected chi connectivity index (χ4v) is 3.03. The van der Waals surface area contributed by atoms with Gasteiger partial charge < -0.3 is 14.1 Å². The van der Waals surface area contributed by atoms with E-state index >= 15 is 0 Å². The summed E-state index contributed by atoms with van der Waals surface area (Å²) in [6, 6.07) is 9.95. The summed E-state index contributed by atoms with van der Waals surface area (Å²) in [6.07, 6.45) is -1.72. The summed E-state index contributed by atoms with van der Waals surface area (Å²) < 4.78 is 46.5. The van der Waals surface area contributed by atoms with Crippen LogP contribution in [0.3, 0.4) is 0 Å². The Kier molecular flexibility index (Phi) is 5.80. The Morgan fingerprint density at radius 3 is 2.63 bits per heavy atom. The second-order valence-electron chi connectivity index (χ2n) is 5.61. The van der Waals surface area contributed by atoms with Crippen LogP contribution in [0.25, 0.3) is 0 Å². The van der Waals surface area contributed by atoms with E-state index in [9.17, 15) is 18.0 Å².